The van der Waals surface area contributed by atoms with E-state index in [0.29, 0.717) is 18.8 Å². The van der Waals surface area contributed by atoms with Crippen LogP contribution >= 0.6 is 11.8 Å². The van der Waals surface area contributed by atoms with Crippen LogP contribution in [-0.2, 0) is 9.53 Å². The molecular weight excluding hydrogens is 607 g/mol. The molecular formula is C35H38FN4O5S+. The van der Waals surface area contributed by atoms with E-state index in [-0.39, 0.29) is 40.3 Å². The molecule has 5 aliphatic rings. The number of pyridine rings is 1. The molecule has 0 bridgehead atoms. The number of hydrogen-bond donors (Lipinski definition) is 3. The first-order valence-corrected chi connectivity index (χ1v) is 16.9. The summed E-state index contributed by atoms with van der Waals surface area (Å²) in [6.07, 6.45) is 10.0. The van der Waals surface area contributed by atoms with Crippen LogP contribution < -0.4 is 5.32 Å². The number of nitrogens with two attached hydrogens (primary N) is 1. The molecule has 0 aliphatic heterocycles. The second-order valence-corrected chi connectivity index (χ2v) is 15.1. The summed E-state index contributed by atoms with van der Waals surface area (Å²) >= 11 is 0.887. The molecule has 4 fully saturated rings. The molecule has 9 nitrogen and oxygen atoms in total. The molecule has 2 aromatic rings. The highest BCUT2D eigenvalue weighted by molar-refractivity contribution is 8.14. The van der Waals surface area contributed by atoms with E-state index < -0.39 is 34.5 Å². The number of ether oxygens (including phenoxy) is 1. The Hall–Kier alpha value is -3.59. The zero-order chi connectivity index (χ0) is 32.5. The zero-order valence-electron chi connectivity index (χ0n) is 25.9. The second kappa shape index (κ2) is 11.0. The smallest absolute Gasteiger partial charge is 0.375 e. The van der Waals surface area contributed by atoms with Crippen molar-refractivity contribution >= 4 is 34.7 Å². The topological polar surface area (TPSA) is 154 Å². The van der Waals surface area contributed by atoms with Crippen LogP contribution in [0.2, 0.25) is 0 Å². The number of rotatable bonds is 7. The number of esters is 1. The van der Waals surface area contributed by atoms with Crippen molar-refractivity contribution in [1.29, 1.82) is 10.7 Å². The Morgan fingerprint density at radius 1 is 1.30 bits per heavy atom. The minimum Gasteiger partial charge on any atom is -0.457 e. The number of furan rings is 1. The van der Waals surface area contributed by atoms with Crippen LogP contribution in [0.5, 0.6) is 0 Å². The van der Waals surface area contributed by atoms with Crippen molar-refractivity contribution in [3.63, 3.8) is 0 Å². The first kappa shape index (κ1) is 31.0. The van der Waals surface area contributed by atoms with E-state index in [9.17, 15) is 24.3 Å². The Morgan fingerprint density at radius 3 is 2.83 bits per heavy atom. The summed E-state index contributed by atoms with van der Waals surface area (Å²) in [5.41, 5.74) is 0.601. The number of fused-ring (bicyclic) bond motifs is 3. The molecule has 7 rings (SSSR count). The van der Waals surface area contributed by atoms with Crippen molar-refractivity contribution in [3.05, 3.63) is 71.4 Å². The lowest BCUT2D eigenvalue weighted by molar-refractivity contribution is -0.513. The van der Waals surface area contributed by atoms with Gasteiger partial charge in [0.1, 0.15) is 5.70 Å². The number of allylic oxidation sites excluding steroid dienone is 3. The molecule has 2 aromatic heterocycles. The molecule has 240 valence electrons. The quantitative estimate of drug-likeness (QED) is 0.210. The molecule has 0 aromatic carbocycles. The largest absolute Gasteiger partial charge is 0.457 e. The number of hydrogen-bond acceptors (Lipinski definition) is 9. The maximum Gasteiger partial charge on any atom is 0.375 e. The molecule has 46 heavy (non-hydrogen) atoms. The van der Waals surface area contributed by atoms with E-state index in [4.69, 9.17) is 14.6 Å². The Labute approximate surface area is 271 Å². The number of carbonyl (C=O) groups excluding carboxylic acids is 2. The van der Waals surface area contributed by atoms with Gasteiger partial charge in [-0.25, -0.2) is 9.78 Å². The van der Waals surface area contributed by atoms with Crippen molar-refractivity contribution in [2.24, 2.45) is 34.0 Å². The van der Waals surface area contributed by atoms with Crippen molar-refractivity contribution in [1.82, 2.24) is 4.98 Å². The lowest BCUT2D eigenvalue weighted by atomic mass is 9.40. The first-order chi connectivity index (χ1) is 22.0. The highest BCUT2D eigenvalue weighted by Crippen LogP contribution is 2.83. The average Bonchev–Trinajstić information content (AvgIpc) is 3.52. The van der Waals surface area contributed by atoms with Gasteiger partial charge in [0.25, 0.3) is 0 Å². The summed E-state index contributed by atoms with van der Waals surface area (Å²) in [5, 5.41) is 31.5. The van der Waals surface area contributed by atoms with Gasteiger partial charge in [0.2, 0.25) is 16.8 Å². The molecule has 5 aliphatic carbocycles. The molecule has 8 unspecified atom stereocenters. The van der Waals surface area contributed by atoms with Gasteiger partial charge >= 0.3 is 5.97 Å². The highest BCUT2D eigenvalue weighted by atomic mass is 32.2. The van der Waals surface area contributed by atoms with Gasteiger partial charge < -0.3 is 19.7 Å². The summed E-state index contributed by atoms with van der Waals surface area (Å²) in [4.78, 5) is 31.5. The van der Waals surface area contributed by atoms with Crippen molar-refractivity contribution in [3.8, 4) is 6.07 Å². The van der Waals surface area contributed by atoms with Crippen molar-refractivity contribution < 1.29 is 33.6 Å². The lowest BCUT2D eigenvalue weighted by Gasteiger charge is -2.66. The van der Waals surface area contributed by atoms with Crippen LogP contribution in [-0.4, -0.2) is 44.8 Å². The van der Waals surface area contributed by atoms with Crippen LogP contribution in [0, 0.1) is 56.7 Å². The number of aliphatic hydroxyl groups is 1. The Morgan fingerprint density at radius 2 is 2.13 bits per heavy atom. The summed E-state index contributed by atoms with van der Waals surface area (Å²) in [6, 6.07) is 8.15. The number of aromatic nitrogens is 1. The van der Waals surface area contributed by atoms with Crippen LogP contribution in [0.15, 0.2) is 64.1 Å². The van der Waals surface area contributed by atoms with E-state index in [1.165, 1.54) is 36.4 Å². The summed E-state index contributed by atoms with van der Waals surface area (Å²) in [6.45, 7) is 4.24. The fourth-order valence-corrected chi connectivity index (χ4v) is 11.2. The van der Waals surface area contributed by atoms with Gasteiger partial charge in [-0.05, 0) is 97.8 Å². The van der Waals surface area contributed by atoms with Crippen LogP contribution in [0.3, 0.4) is 0 Å². The minimum absolute atomic E-state index is 0.0133. The van der Waals surface area contributed by atoms with E-state index in [1.54, 1.807) is 12.1 Å². The van der Waals surface area contributed by atoms with Gasteiger partial charge in [-0.2, -0.15) is 9.65 Å². The van der Waals surface area contributed by atoms with Crippen LogP contribution in [0.4, 0.5) is 10.1 Å². The van der Waals surface area contributed by atoms with Gasteiger partial charge in [0, 0.05) is 23.3 Å². The molecule has 1 spiro atoms. The molecule has 4 saturated carbocycles. The number of nitriles is 1. The van der Waals surface area contributed by atoms with Gasteiger partial charge in [0.15, 0.2) is 11.3 Å². The molecule has 2 heterocycles. The molecule has 11 heteroatoms. The molecule has 0 radical (unpaired) electrons. The lowest BCUT2D eigenvalue weighted by Crippen LogP contribution is -2.76. The van der Waals surface area contributed by atoms with Crippen molar-refractivity contribution in [2.45, 2.75) is 70.5 Å². The second-order valence-electron chi connectivity index (χ2n) is 14.1. The van der Waals surface area contributed by atoms with E-state index in [2.05, 4.69) is 18.0 Å². The maximum absolute atomic E-state index is 14.2. The molecule has 0 amide bonds. The van der Waals surface area contributed by atoms with E-state index in [0.717, 1.165) is 54.4 Å². The Bertz CT molecular complexity index is 1700. The standard InChI is InChI=1S/C35H37FN4O5S/c1-32-15-20(18-38)25(40-23-6-8-28(36)39-19-23)14-21(32)5-7-24-29(32)26(41)17-33(2)34(24)16-22(34)9-10-35(33,31(43)46-13-11-37)45-30(42)27-4-3-12-44-27/h3-4,6,8,12,14,18-19,22,24,26,29,38,40-41H,5,7,9-10,13,15-17H2,1-2H3/p+1. The van der Waals surface area contributed by atoms with Gasteiger partial charge in [0.05, 0.1) is 30.4 Å². The number of carbonyl (C=O) groups is 2. The Kier molecular flexibility index (Phi) is 7.42. The first-order valence-electron chi connectivity index (χ1n) is 15.9. The van der Waals surface area contributed by atoms with E-state index in [1.807, 2.05) is 18.3 Å². The Balaban J connectivity index is 1.26. The maximum atomic E-state index is 14.2. The number of nitrogens with zero attached hydrogens (tertiary/aromatic N) is 2. The number of halogens is 1. The van der Waals surface area contributed by atoms with Crippen LogP contribution in [0.1, 0.15) is 69.3 Å². The normalized spacial score (nSPS) is 37.4. The summed E-state index contributed by atoms with van der Waals surface area (Å²) < 4.78 is 25.1. The van der Waals surface area contributed by atoms with Gasteiger partial charge in [-0.3, -0.25) is 10.1 Å². The third-order valence-corrected chi connectivity index (χ3v) is 13.2. The minimum atomic E-state index is -1.52. The molecule has 0 saturated heterocycles. The van der Waals surface area contributed by atoms with Gasteiger partial charge in [-0.1, -0.05) is 31.2 Å². The van der Waals surface area contributed by atoms with Crippen LogP contribution in [0.25, 0.3) is 0 Å². The monoisotopic (exact) mass is 645 g/mol. The fraction of sp³-hybridized carbons (Fsp3) is 0.514. The zero-order valence-corrected chi connectivity index (χ0v) is 26.7. The summed E-state index contributed by atoms with van der Waals surface area (Å²) in [5.74, 6) is -1.01. The van der Waals surface area contributed by atoms with E-state index >= 15 is 0 Å². The SMILES string of the molecule is CC12CC(C=N)=C([NH2+]c3ccc(F)nc3)C=C1CCC1C2C(O)CC2(C)C(OC(=O)c3ccco3)(C(=O)SCC#N)CCC3CC312. The number of nitrogens with one attached hydrogen (secondary N) is 1. The third-order valence-electron chi connectivity index (χ3n) is 12.3. The highest BCUT2D eigenvalue weighted by Gasteiger charge is 2.82. The van der Waals surface area contributed by atoms with Crippen molar-refractivity contribution in [2.75, 3.05) is 5.75 Å². The fourth-order valence-electron chi connectivity index (χ4n) is 10.4. The predicted molar refractivity (Wildman–Crippen MR) is 167 cm³/mol. The molecule has 4 N–H and O–H groups in total. The number of aliphatic hydroxyl groups excluding tert-OH is 1. The predicted octanol–water partition coefficient (Wildman–Crippen LogP) is 5.23. The summed E-state index contributed by atoms with van der Waals surface area (Å²) in [7, 11) is 0. The average molecular weight is 646 g/mol. The molecule has 8 atom stereocenters. The van der Waals surface area contributed by atoms with Gasteiger partial charge in [-0.15, -0.1) is 0 Å². The third kappa shape index (κ3) is 4.33. The number of quaternary nitrogens is 1. The number of thioether (sulfide) groups is 1.